The Morgan fingerprint density at radius 1 is 1.26 bits per heavy atom. The first-order chi connectivity index (χ1) is 15.0. The molecule has 0 radical (unpaired) electrons. The lowest BCUT2D eigenvalue weighted by atomic mass is 9.78. The van der Waals surface area contributed by atoms with E-state index in [0.29, 0.717) is 26.1 Å². The number of carbonyl (C=O) groups is 3. The van der Waals surface area contributed by atoms with E-state index in [0.717, 1.165) is 19.3 Å². The van der Waals surface area contributed by atoms with Gasteiger partial charge in [-0.1, -0.05) is 37.6 Å². The Hall–Kier alpha value is -2.19. The van der Waals surface area contributed by atoms with Crippen LogP contribution in [0.1, 0.15) is 39.5 Å². The molecule has 0 saturated carbocycles. The summed E-state index contributed by atoms with van der Waals surface area (Å²) >= 11 is 0. The van der Waals surface area contributed by atoms with Crippen molar-refractivity contribution in [3.63, 3.8) is 0 Å². The molecular weight excluding hydrogens is 400 g/mol. The zero-order chi connectivity index (χ0) is 22.2. The summed E-state index contributed by atoms with van der Waals surface area (Å²) in [4.78, 5) is 43.6. The van der Waals surface area contributed by atoms with Crippen LogP contribution in [-0.2, 0) is 23.9 Å². The summed E-state index contributed by atoms with van der Waals surface area (Å²) in [5, 5.41) is 9.85. The number of likely N-dealkylation sites (tertiary alicyclic amines) is 1. The van der Waals surface area contributed by atoms with Crippen LogP contribution >= 0.6 is 0 Å². The van der Waals surface area contributed by atoms with Crippen molar-refractivity contribution in [2.75, 3.05) is 26.3 Å². The Kier molecular flexibility index (Phi) is 6.21. The first kappa shape index (κ1) is 22.0. The molecule has 0 aromatic rings. The molecule has 31 heavy (non-hydrogen) atoms. The van der Waals surface area contributed by atoms with Gasteiger partial charge in [0.25, 0.3) is 0 Å². The highest BCUT2D eigenvalue weighted by Crippen LogP contribution is 2.53. The molecule has 4 rings (SSSR count). The van der Waals surface area contributed by atoms with Crippen molar-refractivity contribution in [3.05, 3.63) is 24.3 Å². The number of esters is 1. The van der Waals surface area contributed by atoms with E-state index in [1.165, 1.54) is 4.90 Å². The number of carbonyl (C=O) groups excluding carboxylic acids is 3. The van der Waals surface area contributed by atoms with Crippen LogP contribution in [0.15, 0.2) is 24.3 Å². The molecule has 6 atom stereocenters. The SMILES string of the molecule is CCCCN1CC=C[C@]23O[C@@H]4/C=C\CCCOC(=O)[C@@H]4[C@H]2C(=O)N([C@H](C)CO)C3C1=O. The second-order valence-electron chi connectivity index (χ2n) is 8.90. The molecule has 4 aliphatic rings. The molecule has 1 N–H and O–H groups in total. The Balaban J connectivity index is 1.81. The molecule has 4 aliphatic heterocycles. The highest BCUT2D eigenvalue weighted by molar-refractivity contribution is 5.99. The van der Waals surface area contributed by atoms with Crippen LogP contribution in [0, 0.1) is 11.8 Å². The van der Waals surface area contributed by atoms with Crippen LogP contribution in [-0.4, -0.2) is 82.8 Å². The van der Waals surface area contributed by atoms with Gasteiger partial charge in [-0.2, -0.15) is 0 Å². The van der Waals surface area contributed by atoms with Crippen molar-refractivity contribution in [1.29, 1.82) is 0 Å². The lowest BCUT2D eigenvalue weighted by Crippen LogP contribution is -2.57. The number of rotatable bonds is 5. The van der Waals surface area contributed by atoms with E-state index in [2.05, 4.69) is 6.92 Å². The standard InChI is InChI=1S/C23H32N2O6/c1-3-4-11-24-12-8-10-23-18(20(27)25(15(2)14-26)19(23)21(24)28)17-16(31-23)9-6-5-7-13-30-22(17)29/h6,8-10,15-19,26H,3-5,7,11-14H2,1-2H3/b9-6-/t15-,16-,17+,18+,19?,23+/m1/s1. The monoisotopic (exact) mass is 432 g/mol. The third-order valence-electron chi connectivity index (χ3n) is 6.89. The number of aliphatic hydroxyl groups excluding tert-OH is 1. The zero-order valence-electron chi connectivity index (χ0n) is 18.2. The van der Waals surface area contributed by atoms with E-state index in [9.17, 15) is 19.5 Å². The van der Waals surface area contributed by atoms with Gasteiger partial charge < -0.3 is 24.4 Å². The van der Waals surface area contributed by atoms with Gasteiger partial charge in [0.1, 0.15) is 17.6 Å². The predicted molar refractivity (Wildman–Crippen MR) is 112 cm³/mol. The number of allylic oxidation sites excluding steroid dienone is 1. The number of nitrogens with zero attached hydrogens (tertiary/aromatic N) is 2. The third-order valence-corrected chi connectivity index (χ3v) is 6.89. The van der Waals surface area contributed by atoms with E-state index in [1.807, 2.05) is 24.3 Å². The minimum absolute atomic E-state index is 0.196. The molecule has 8 heteroatoms. The van der Waals surface area contributed by atoms with Gasteiger partial charge in [-0.15, -0.1) is 0 Å². The van der Waals surface area contributed by atoms with Crippen LogP contribution in [0.2, 0.25) is 0 Å². The topological polar surface area (TPSA) is 96.4 Å². The maximum absolute atomic E-state index is 13.7. The number of cyclic esters (lactones) is 1. The highest BCUT2D eigenvalue weighted by atomic mass is 16.6. The molecule has 2 amide bonds. The summed E-state index contributed by atoms with van der Waals surface area (Å²) in [5.74, 6) is -2.67. The Labute approximate surface area is 182 Å². The molecule has 0 bridgehead atoms. The van der Waals surface area contributed by atoms with Crippen molar-refractivity contribution in [2.45, 2.75) is 63.3 Å². The number of ether oxygens (including phenoxy) is 2. The van der Waals surface area contributed by atoms with Crippen LogP contribution < -0.4 is 0 Å². The average Bonchev–Trinajstić information content (AvgIpc) is 3.18. The van der Waals surface area contributed by atoms with Gasteiger partial charge in [0.15, 0.2) is 0 Å². The predicted octanol–water partition coefficient (Wildman–Crippen LogP) is 1.04. The maximum Gasteiger partial charge on any atom is 0.312 e. The third kappa shape index (κ3) is 3.49. The summed E-state index contributed by atoms with van der Waals surface area (Å²) < 4.78 is 11.9. The smallest absolute Gasteiger partial charge is 0.312 e. The minimum atomic E-state index is -1.25. The van der Waals surface area contributed by atoms with Crippen molar-refractivity contribution >= 4 is 17.8 Å². The van der Waals surface area contributed by atoms with Crippen LogP contribution in [0.4, 0.5) is 0 Å². The molecular formula is C23H32N2O6. The molecule has 1 spiro atoms. The Morgan fingerprint density at radius 3 is 2.81 bits per heavy atom. The van der Waals surface area contributed by atoms with Gasteiger partial charge >= 0.3 is 5.97 Å². The van der Waals surface area contributed by atoms with Gasteiger partial charge in [-0.25, -0.2) is 0 Å². The van der Waals surface area contributed by atoms with Gasteiger partial charge in [-0.05, 0) is 26.2 Å². The molecule has 0 aliphatic carbocycles. The minimum Gasteiger partial charge on any atom is -0.465 e. The number of hydrogen-bond acceptors (Lipinski definition) is 6. The fourth-order valence-corrected chi connectivity index (χ4v) is 5.35. The van der Waals surface area contributed by atoms with Crippen LogP contribution in [0.25, 0.3) is 0 Å². The van der Waals surface area contributed by atoms with Crippen molar-refractivity contribution in [3.8, 4) is 0 Å². The molecule has 2 fully saturated rings. The van der Waals surface area contributed by atoms with Crippen LogP contribution in [0.3, 0.4) is 0 Å². The van der Waals surface area contributed by atoms with Gasteiger partial charge in [0.2, 0.25) is 11.8 Å². The summed E-state index contributed by atoms with van der Waals surface area (Å²) in [7, 11) is 0. The van der Waals surface area contributed by atoms with Crippen molar-refractivity contribution in [1.82, 2.24) is 9.80 Å². The Morgan fingerprint density at radius 2 is 2.06 bits per heavy atom. The molecule has 1 unspecified atom stereocenters. The average molecular weight is 433 g/mol. The second kappa shape index (κ2) is 8.74. The molecule has 0 aromatic heterocycles. The lowest BCUT2D eigenvalue weighted by molar-refractivity contribution is -0.156. The Bertz CT molecular complexity index is 795. The first-order valence-corrected chi connectivity index (χ1v) is 11.4. The fraction of sp³-hybridized carbons (Fsp3) is 0.696. The molecule has 4 heterocycles. The number of fused-ring (bicyclic) bond motifs is 2. The summed E-state index contributed by atoms with van der Waals surface area (Å²) in [5.41, 5.74) is -1.25. The van der Waals surface area contributed by atoms with Crippen molar-refractivity contribution < 1.29 is 29.0 Å². The number of aliphatic hydroxyl groups is 1. The largest absolute Gasteiger partial charge is 0.465 e. The zero-order valence-corrected chi connectivity index (χ0v) is 18.2. The van der Waals surface area contributed by atoms with E-state index < -0.39 is 41.6 Å². The number of hydrogen-bond donors (Lipinski definition) is 1. The molecule has 0 aromatic carbocycles. The van der Waals surface area contributed by atoms with Gasteiger partial charge in [-0.3, -0.25) is 14.4 Å². The van der Waals surface area contributed by atoms with Gasteiger partial charge in [0, 0.05) is 13.1 Å². The number of amides is 2. The van der Waals surface area contributed by atoms with Crippen molar-refractivity contribution in [2.24, 2.45) is 11.8 Å². The summed E-state index contributed by atoms with van der Waals surface area (Å²) in [6, 6.07) is -1.49. The molecule has 170 valence electrons. The fourth-order valence-electron chi connectivity index (χ4n) is 5.35. The maximum atomic E-state index is 13.7. The number of unbranched alkanes of at least 4 members (excludes halogenated alkanes) is 1. The van der Waals surface area contributed by atoms with E-state index in [1.54, 1.807) is 11.8 Å². The van der Waals surface area contributed by atoms with Crippen LogP contribution in [0.5, 0.6) is 0 Å². The van der Waals surface area contributed by atoms with E-state index >= 15 is 0 Å². The highest BCUT2D eigenvalue weighted by Gasteiger charge is 2.72. The van der Waals surface area contributed by atoms with Gasteiger partial charge in [0.05, 0.1) is 31.3 Å². The summed E-state index contributed by atoms with van der Waals surface area (Å²) in [6.45, 7) is 4.80. The van der Waals surface area contributed by atoms with E-state index in [-0.39, 0.29) is 18.4 Å². The summed E-state index contributed by atoms with van der Waals surface area (Å²) in [6.07, 6.45) is 10.1. The first-order valence-electron chi connectivity index (χ1n) is 11.4. The quantitative estimate of drug-likeness (QED) is 0.515. The molecule has 2 saturated heterocycles. The van der Waals surface area contributed by atoms with E-state index in [4.69, 9.17) is 9.47 Å². The lowest BCUT2D eigenvalue weighted by Gasteiger charge is -2.37. The second-order valence-corrected chi connectivity index (χ2v) is 8.90. The normalized spacial score (nSPS) is 37.2. The molecule has 8 nitrogen and oxygen atoms in total.